The number of aryl methyl sites for hydroxylation is 1. The molecule has 4 aliphatic carbocycles. The number of ether oxygens (including phenoxy) is 1. The molecule has 3 aromatic rings. The van der Waals surface area contributed by atoms with E-state index < -0.39 is 0 Å². The first-order valence-corrected chi connectivity index (χ1v) is 11.6. The molecule has 7 rings (SSSR count). The van der Waals surface area contributed by atoms with Crippen LogP contribution in [-0.2, 0) is 4.79 Å². The number of carbonyl (C=O) groups is 1. The number of aliphatic hydroxyl groups excluding tert-OH is 1. The van der Waals surface area contributed by atoms with Crippen LogP contribution in [0.3, 0.4) is 0 Å². The lowest BCUT2D eigenvalue weighted by Crippen LogP contribution is -2.41. The van der Waals surface area contributed by atoms with Gasteiger partial charge in [0.05, 0.1) is 22.8 Å². The number of aliphatic hydroxyl groups is 1. The van der Waals surface area contributed by atoms with Gasteiger partial charge in [0.1, 0.15) is 11.5 Å². The highest BCUT2D eigenvalue weighted by atomic mass is 35.5. The van der Waals surface area contributed by atoms with Crippen molar-refractivity contribution in [1.29, 1.82) is 0 Å². The maximum atomic E-state index is 13.4. The lowest BCUT2D eigenvalue weighted by molar-refractivity contribution is -0.123. The fourth-order valence-electron chi connectivity index (χ4n) is 6.02. The van der Waals surface area contributed by atoms with E-state index in [1.165, 1.54) is 0 Å². The van der Waals surface area contributed by atoms with E-state index in [0.29, 0.717) is 45.1 Å². The van der Waals surface area contributed by atoms with Crippen LogP contribution in [0.5, 0.6) is 11.6 Å². The molecule has 3 saturated carbocycles. The Morgan fingerprint density at radius 3 is 2.50 bits per heavy atom. The first-order valence-electron chi connectivity index (χ1n) is 11.2. The number of allylic oxidation sites excluding steroid dienone is 2. The standard InChI is InChI=1S/C26H23ClN2O3/c1-13-2-8-17(32-21-12-28-20-10-16(27)7-9-19(20)29-21)11-18(13)24-25(30)22-14-3-4-15(6-5-14)23(22)26(24)31/h2,7-12,14-15,22-23,30H,3-6H2,1H3. The Bertz CT molecular complexity index is 1290. The van der Waals surface area contributed by atoms with Crippen molar-refractivity contribution in [2.45, 2.75) is 32.6 Å². The molecule has 2 aromatic carbocycles. The van der Waals surface area contributed by atoms with Crippen LogP contribution in [0.2, 0.25) is 5.02 Å². The number of Topliss-reactive ketones (excluding diaryl/α,β-unsaturated/α-hetero) is 1. The first-order chi connectivity index (χ1) is 15.5. The third-order valence-corrected chi connectivity index (χ3v) is 7.76. The number of benzene rings is 2. The molecule has 162 valence electrons. The third-order valence-electron chi connectivity index (χ3n) is 7.52. The predicted octanol–water partition coefficient (Wildman–Crippen LogP) is 6.29. The van der Waals surface area contributed by atoms with Crippen molar-refractivity contribution >= 4 is 34.0 Å². The van der Waals surface area contributed by atoms with Gasteiger partial charge in [0, 0.05) is 16.9 Å². The van der Waals surface area contributed by atoms with E-state index in [1.54, 1.807) is 24.4 Å². The Kier molecular flexibility index (Phi) is 4.51. The number of nitrogens with zero attached hydrogens (tertiary/aromatic N) is 2. The molecule has 0 aliphatic heterocycles. The molecule has 5 nitrogen and oxygen atoms in total. The summed E-state index contributed by atoms with van der Waals surface area (Å²) in [5, 5.41) is 11.8. The quantitative estimate of drug-likeness (QED) is 0.512. The average molecular weight is 447 g/mol. The second-order valence-electron chi connectivity index (χ2n) is 9.27. The number of ketones is 1. The highest BCUT2D eigenvalue weighted by Crippen LogP contribution is 2.57. The fraction of sp³-hybridized carbons (Fsp3) is 0.346. The number of rotatable bonds is 3. The molecule has 0 spiro atoms. The Morgan fingerprint density at radius 2 is 1.75 bits per heavy atom. The second-order valence-corrected chi connectivity index (χ2v) is 9.71. The maximum absolute atomic E-state index is 13.4. The summed E-state index contributed by atoms with van der Waals surface area (Å²) in [4.78, 5) is 22.3. The van der Waals surface area contributed by atoms with E-state index in [9.17, 15) is 9.90 Å². The summed E-state index contributed by atoms with van der Waals surface area (Å²) in [5.74, 6) is 2.07. The van der Waals surface area contributed by atoms with Gasteiger partial charge in [-0.05, 0) is 85.9 Å². The van der Waals surface area contributed by atoms with Crippen LogP contribution >= 0.6 is 11.6 Å². The SMILES string of the molecule is Cc1ccc(Oc2cnc3cc(Cl)ccc3n2)cc1C1=C(O)C2C3CCC(CC3)C2C1=O. The van der Waals surface area contributed by atoms with Crippen LogP contribution in [0.1, 0.15) is 36.8 Å². The summed E-state index contributed by atoms with van der Waals surface area (Å²) >= 11 is 6.02. The molecule has 2 atom stereocenters. The van der Waals surface area contributed by atoms with E-state index in [2.05, 4.69) is 9.97 Å². The first kappa shape index (κ1) is 19.7. The molecule has 1 heterocycles. The van der Waals surface area contributed by atoms with Crippen LogP contribution in [0.25, 0.3) is 16.6 Å². The van der Waals surface area contributed by atoms with E-state index in [-0.39, 0.29) is 23.4 Å². The topological polar surface area (TPSA) is 72.3 Å². The van der Waals surface area contributed by atoms with Gasteiger partial charge >= 0.3 is 0 Å². The van der Waals surface area contributed by atoms with E-state index in [4.69, 9.17) is 16.3 Å². The number of halogens is 1. The van der Waals surface area contributed by atoms with E-state index in [1.807, 2.05) is 25.1 Å². The molecule has 6 heteroatoms. The summed E-state index contributed by atoms with van der Waals surface area (Å²) in [6.45, 7) is 1.96. The van der Waals surface area contributed by atoms with Crippen LogP contribution in [0.4, 0.5) is 0 Å². The average Bonchev–Trinajstić information content (AvgIpc) is 3.08. The van der Waals surface area contributed by atoms with Crippen LogP contribution in [-0.4, -0.2) is 20.9 Å². The van der Waals surface area contributed by atoms with Gasteiger partial charge in [-0.1, -0.05) is 17.7 Å². The molecule has 1 aromatic heterocycles. The zero-order valence-electron chi connectivity index (χ0n) is 17.7. The lowest BCUT2D eigenvalue weighted by Gasteiger charge is -2.44. The molecule has 3 fully saturated rings. The number of carbonyl (C=O) groups excluding carboxylic acids is 1. The zero-order valence-corrected chi connectivity index (χ0v) is 18.5. The Morgan fingerprint density at radius 1 is 1.00 bits per heavy atom. The molecule has 4 aliphatic rings. The molecule has 2 unspecified atom stereocenters. The summed E-state index contributed by atoms with van der Waals surface area (Å²) in [7, 11) is 0. The predicted molar refractivity (Wildman–Crippen MR) is 123 cm³/mol. The molecule has 0 saturated heterocycles. The fourth-order valence-corrected chi connectivity index (χ4v) is 6.19. The molecule has 0 radical (unpaired) electrons. The highest BCUT2D eigenvalue weighted by molar-refractivity contribution is 6.31. The summed E-state index contributed by atoms with van der Waals surface area (Å²) in [5.41, 5.74) is 3.56. The number of hydrogen-bond acceptors (Lipinski definition) is 5. The van der Waals surface area contributed by atoms with Gasteiger partial charge < -0.3 is 9.84 Å². The highest BCUT2D eigenvalue weighted by Gasteiger charge is 2.54. The number of hydrogen-bond donors (Lipinski definition) is 1. The van der Waals surface area contributed by atoms with Crippen LogP contribution in [0.15, 0.2) is 48.4 Å². The minimum Gasteiger partial charge on any atom is -0.511 e. The van der Waals surface area contributed by atoms with Crippen molar-refractivity contribution in [2.24, 2.45) is 23.7 Å². The van der Waals surface area contributed by atoms with Gasteiger partial charge in [0.25, 0.3) is 0 Å². The molecule has 32 heavy (non-hydrogen) atoms. The maximum Gasteiger partial charge on any atom is 0.238 e. The minimum atomic E-state index is -0.0559. The van der Waals surface area contributed by atoms with Crippen molar-refractivity contribution < 1.29 is 14.6 Å². The smallest absolute Gasteiger partial charge is 0.238 e. The van der Waals surface area contributed by atoms with Gasteiger partial charge in [0.2, 0.25) is 5.88 Å². The van der Waals surface area contributed by atoms with Crippen molar-refractivity contribution in [3.05, 3.63) is 64.5 Å². The van der Waals surface area contributed by atoms with Crippen molar-refractivity contribution in [3.63, 3.8) is 0 Å². The van der Waals surface area contributed by atoms with Gasteiger partial charge in [-0.15, -0.1) is 0 Å². The summed E-state index contributed by atoms with van der Waals surface area (Å²) in [6, 6.07) is 10.9. The Hall–Kier alpha value is -2.92. The van der Waals surface area contributed by atoms with Crippen molar-refractivity contribution in [2.75, 3.05) is 0 Å². The van der Waals surface area contributed by atoms with Gasteiger partial charge in [-0.2, -0.15) is 0 Å². The largest absolute Gasteiger partial charge is 0.511 e. The lowest BCUT2D eigenvalue weighted by atomic mass is 9.59. The van der Waals surface area contributed by atoms with Gasteiger partial charge in [-0.3, -0.25) is 4.79 Å². The minimum absolute atomic E-state index is 0.00727. The van der Waals surface area contributed by atoms with Crippen LogP contribution < -0.4 is 4.74 Å². The van der Waals surface area contributed by atoms with Gasteiger partial charge in [-0.25, -0.2) is 9.97 Å². The third kappa shape index (κ3) is 3.02. The Labute approximate surface area is 191 Å². The molecule has 2 bridgehead atoms. The zero-order chi connectivity index (χ0) is 22.0. The van der Waals surface area contributed by atoms with Crippen LogP contribution in [0, 0.1) is 30.6 Å². The second kappa shape index (κ2) is 7.31. The molecule has 1 N–H and O–H groups in total. The van der Waals surface area contributed by atoms with Gasteiger partial charge in [0.15, 0.2) is 5.78 Å². The number of fused-ring (bicyclic) bond motifs is 3. The van der Waals surface area contributed by atoms with E-state index in [0.717, 1.165) is 36.8 Å². The monoisotopic (exact) mass is 446 g/mol. The van der Waals surface area contributed by atoms with Crippen molar-refractivity contribution in [3.8, 4) is 11.6 Å². The Balaban J connectivity index is 1.35. The summed E-state index contributed by atoms with van der Waals surface area (Å²) < 4.78 is 5.99. The molecular weight excluding hydrogens is 424 g/mol. The number of aromatic nitrogens is 2. The summed E-state index contributed by atoms with van der Waals surface area (Å²) in [6.07, 6.45) is 6.00. The van der Waals surface area contributed by atoms with Crippen molar-refractivity contribution in [1.82, 2.24) is 9.97 Å². The normalized spacial score (nSPS) is 26.6. The molecular formula is C26H23ClN2O3. The van der Waals surface area contributed by atoms with E-state index >= 15 is 0 Å². The molecule has 0 amide bonds.